The molecule has 0 aliphatic heterocycles. The molecule has 4 rings (SSSR count). The van der Waals surface area contributed by atoms with Gasteiger partial charge in [0.05, 0.1) is 5.41 Å². The molecule has 1 saturated carbocycles. The van der Waals surface area contributed by atoms with E-state index >= 15 is 0 Å². The van der Waals surface area contributed by atoms with Gasteiger partial charge in [0.15, 0.2) is 5.65 Å². The predicted octanol–water partition coefficient (Wildman–Crippen LogP) is 3.59. The molecule has 0 unspecified atom stereocenters. The Morgan fingerprint density at radius 3 is 2.65 bits per heavy atom. The Morgan fingerprint density at radius 1 is 1.17 bits per heavy atom. The molecular weight excluding hydrogens is 310 g/mol. The van der Waals surface area contributed by atoms with E-state index in [0.717, 1.165) is 41.2 Å². The summed E-state index contributed by atoms with van der Waals surface area (Å²) in [7, 11) is 0. The number of carbonyl (C=O) groups is 1. The van der Waals surface area contributed by atoms with Gasteiger partial charge in [0.2, 0.25) is 0 Å². The summed E-state index contributed by atoms with van der Waals surface area (Å²) in [5, 5.41) is 9.62. The third-order valence-corrected chi connectivity index (χ3v) is 4.87. The number of carbonyl (C=O) groups excluding carboxylic acids is 1. The first-order valence-electron chi connectivity index (χ1n) is 7.77. The maximum Gasteiger partial charge on any atom is 0.164 e. The van der Waals surface area contributed by atoms with Crippen LogP contribution in [0.1, 0.15) is 36.2 Å². The minimum Gasteiger partial charge on any atom is -0.303 e. The maximum atomic E-state index is 10.6. The van der Waals surface area contributed by atoms with Crippen molar-refractivity contribution in [2.45, 2.75) is 31.1 Å². The Morgan fingerprint density at radius 2 is 1.96 bits per heavy atom. The van der Waals surface area contributed by atoms with Gasteiger partial charge in [-0.05, 0) is 48.6 Å². The molecule has 4 nitrogen and oxygen atoms in total. The fourth-order valence-electron chi connectivity index (χ4n) is 3.24. The molecule has 5 heteroatoms. The lowest BCUT2D eigenvalue weighted by molar-refractivity contribution is -0.107. The summed E-state index contributed by atoms with van der Waals surface area (Å²) >= 11 is 6.01. The van der Waals surface area contributed by atoms with Crippen molar-refractivity contribution in [3.05, 3.63) is 64.6 Å². The topological polar surface area (TPSA) is 47.3 Å². The van der Waals surface area contributed by atoms with Crippen molar-refractivity contribution in [3.8, 4) is 0 Å². The van der Waals surface area contributed by atoms with Crippen LogP contribution in [-0.2, 0) is 16.6 Å². The second kappa shape index (κ2) is 5.46. The molecule has 1 aliphatic rings. The number of benzene rings is 1. The summed E-state index contributed by atoms with van der Waals surface area (Å²) in [6, 6.07) is 12.0. The van der Waals surface area contributed by atoms with Crippen molar-refractivity contribution in [3.63, 3.8) is 0 Å². The van der Waals surface area contributed by atoms with E-state index in [0.29, 0.717) is 12.8 Å². The largest absolute Gasteiger partial charge is 0.303 e. The van der Waals surface area contributed by atoms with Gasteiger partial charge in [-0.2, -0.15) is 0 Å². The summed E-state index contributed by atoms with van der Waals surface area (Å²) in [4.78, 5) is 10.6. The molecular formula is C18H16ClN3O. The minimum atomic E-state index is -0.0622. The molecule has 2 heterocycles. The zero-order valence-electron chi connectivity index (χ0n) is 12.6. The van der Waals surface area contributed by atoms with Gasteiger partial charge in [0, 0.05) is 17.6 Å². The third kappa shape index (κ3) is 2.34. The number of pyridine rings is 1. The van der Waals surface area contributed by atoms with Crippen molar-refractivity contribution in [1.82, 2.24) is 14.6 Å². The molecule has 0 radical (unpaired) electrons. The van der Waals surface area contributed by atoms with Crippen LogP contribution in [0.2, 0.25) is 5.02 Å². The maximum absolute atomic E-state index is 10.6. The first kappa shape index (κ1) is 14.4. The summed E-state index contributed by atoms with van der Waals surface area (Å²) in [5.74, 6) is 0.975. The number of hydrogen-bond acceptors (Lipinski definition) is 3. The van der Waals surface area contributed by atoms with Gasteiger partial charge in [-0.3, -0.25) is 4.40 Å². The van der Waals surface area contributed by atoms with Crippen molar-refractivity contribution in [2.24, 2.45) is 0 Å². The van der Waals surface area contributed by atoms with Crippen LogP contribution in [0.15, 0.2) is 42.6 Å². The van der Waals surface area contributed by atoms with Crippen LogP contribution in [0, 0.1) is 0 Å². The zero-order valence-corrected chi connectivity index (χ0v) is 13.3. The predicted molar refractivity (Wildman–Crippen MR) is 88.8 cm³/mol. The van der Waals surface area contributed by atoms with Crippen molar-refractivity contribution < 1.29 is 4.79 Å². The first-order chi connectivity index (χ1) is 11.2. The van der Waals surface area contributed by atoms with Crippen LogP contribution in [0.25, 0.3) is 5.65 Å². The van der Waals surface area contributed by atoms with Gasteiger partial charge in [-0.1, -0.05) is 29.8 Å². The summed E-state index contributed by atoms with van der Waals surface area (Å²) in [6.07, 6.45) is 6.27. The summed E-state index contributed by atoms with van der Waals surface area (Å²) < 4.78 is 2.07. The van der Waals surface area contributed by atoms with Gasteiger partial charge < -0.3 is 4.79 Å². The second-order valence-electron chi connectivity index (χ2n) is 6.04. The first-order valence-corrected chi connectivity index (χ1v) is 8.15. The lowest BCUT2D eigenvalue weighted by Crippen LogP contribution is -2.13. The van der Waals surface area contributed by atoms with Gasteiger partial charge in [-0.15, -0.1) is 10.2 Å². The quantitative estimate of drug-likeness (QED) is 0.673. The highest BCUT2D eigenvalue weighted by Gasteiger charge is 2.49. The van der Waals surface area contributed by atoms with E-state index in [1.807, 2.05) is 30.5 Å². The van der Waals surface area contributed by atoms with Crippen molar-refractivity contribution in [1.29, 1.82) is 0 Å². The van der Waals surface area contributed by atoms with E-state index in [-0.39, 0.29) is 5.41 Å². The van der Waals surface area contributed by atoms with Crippen LogP contribution >= 0.6 is 11.6 Å². The van der Waals surface area contributed by atoms with Crippen LogP contribution in [0.4, 0.5) is 0 Å². The van der Waals surface area contributed by atoms with E-state index in [4.69, 9.17) is 11.6 Å². The minimum absolute atomic E-state index is 0.0622. The van der Waals surface area contributed by atoms with E-state index in [1.54, 1.807) is 0 Å². The normalized spacial score (nSPS) is 15.7. The lowest BCUT2D eigenvalue weighted by Gasteiger charge is -2.14. The highest BCUT2D eigenvalue weighted by atomic mass is 35.5. The average Bonchev–Trinajstić information content (AvgIpc) is 3.26. The van der Waals surface area contributed by atoms with Crippen molar-refractivity contribution >= 4 is 23.5 Å². The Hall–Kier alpha value is -2.20. The van der Waals surface area contributed by atoms with Crippen molar-refractivity contribution in [2.75, 3.05) is 0 Å². The Balaban J connectivity index is 1.80. The number of fused-ring (bicyclic) bond motifs is 1. The smallest absolute Gasteiger partial charge is 0.164 e. The number of hydrogen-bond donors (Lipinski definition) is 0. The van der Waals surface area contributed by atoms with E-state index in [9.17, 15) is 4.79 Å². The number of halogens is 1. The van der Waals surface area contributed by atoms with Gasteiger partial charge >= 0.3 is 0 Å². The van der Waals surface area contributed by atoms with Gasteiger partial charge in [-0.25, -0.2) is 0 Å². The lowest BCUT2D eigenvalue weighted by atomic mass is 9.95. The number of aldehydes is 1. The molecule has 0 atom stereocenters. The Bertz CT molecular complexity index is 866. The van der Waals surface area contributed by atoms with Crippen LogP contribution < -0.4 is 0 Å². The van der Waals surface area contributed by atoms with E-state index < -0.39 is 0 Å². The average molecular weight is 326 g/mol. The van der Waals surface area contributed by atoms with E-state index in [1.165, 1.54) is 5.56 Å². The van der Waals surface area contributed by atoms with Gasteiger partial charge in [0.1, 0.15) is 12.1 Å². The van der Waals surface area contributed by atoms with Crippen LogP contribution in [0.3, 0.4) is 0 Å². The number of aromatic nitrogens is 3. The molecule has 1 aliphatic carbocycles. The standard InChI is InChI=1S/C18H16ClN3O/c19-15-7-5-14(6-8-15)18(9-10-18)17-21-20-16-13(4-2-12-23)3-1-11-22(16)17/h1,3,5-8,11-12H,2,4,9-10H2. The third-order valence-electron chi connectivity index (χ3n) is 4.62. The molecule has 2 aromatic heterocycles. The fourth-order valence-corrected chi connectivity index (χ4v) is 3.37. The molecule has 23 heavy (non-hydrogen) atoms. The molecule has 0 saturated heterocycles. The van der Waals surface area contributed by atoms with Gasteiger partial charge in [0.25, 0.3) is 0 Å². The highest BCUT2D eigenvalue weighted by molar-refractivity contribution is 6.30. The SMILES string of the molecule is O=CCCc1cccn2c(C3(c4ccc(Cl)cc4)CC3)nnc12. The number of nitrogens with zero attached hydrogens (tertiary/aromatic N) is 3. The zero-order chi connectivity index (χ0) is 15.9. The molecule has 0 spiro atoms. The number of rotatable bonds is 5. The molecule has 3 aromatic rings. The number of aryl methyl sites for hydroxylation is 1. The molecule has 1 fully saturated rings. The second-order valence-corrected chi connectivity index (χ2v) is 6.48. The molecule has 1 aromatic carbocycles. The molecule has 0 amide bonds. The fraction of sp³-hybridized carbons (Fsp3) is 0.278. The molecule has 0 N–H and O–H groups in total. The Labute approximate surface area is 139 Å². The molecule has 0 bridgehead atoms. The summed E-state index contributed by atoms with van der Waals surface area (Å²) in [6.45, 7) is 0. The highest BCUT2D eigenvalue weighted by Crippen LogP contribution is 2.52. The monoisotopic (exact) mass is 325 g/mol. The Kier molecular flexibility index (Phi) is 3.42. The van der Waals surface area contributed by atoms with Crippen LogP contribution in [-0.4, -0.2) is 20.9 Å². The summed E-state index contributed by atoms with van der Waals surface area (Å²) in [5.41, 5.74) is 3.08. The molecule has 116 valence electrons. The van der Waals surface area contributed by atoms with Crippen LogP contribution in [0.5, 0.6) is 0 Å². The van der Waals surface area contributed by atoms with E-state index in [2.05, 4.69) is 26.7 Å².